The number of ether oxygens (including phenoxy) is 1. The fraction of sp³-hybridized carbons (Fsp3) is 0.360. The molecule has 3 atom stereocenters. The standard InChI is InChI=1S/C25H27FO3S/c1-15-4-5-17(22-14-21(27)24(28)25(2,3)29-22)12-18(15)13-20-10-11-23(30-20)16-6-8-19(26)9-7-16/h4-12,21-22,24,27-28H,13-14H2,1-3H3. The summed E-state index contributed by atoms with van der Waals surface area (Å²) in [4.78, 5) is 2.35. The van der Waals surface area contributed by atoms with Gasteiger partial charge >= 0.3 is 0 Å². The maximum Gasteiger partial charge on any atom is 0.123 e. The third-order valence-electron chi connectivity index (χ3n) is 5.88. The first kappa shape index (κ1) is 21.2. The lowest BCUT2D eigenvalue weighted by atomic mass is 9.86. The topological polar surface area (TPSA) is 49.7 Å². The van der Waals surface area contributed by atoms with Crippen molar-refractivity contribution in [2.24, 2.45) is 0 Å². The van der Waals surface area contributed by atoms with Gasteiger partial charge in [0, 0.05) is 22.6 Å². The lowest BCUT2D eigenvalue weighted by molar-refractivity contribution is -0.214. The Balaban J connectivity index is 1.55. The molecule has 0 spiro atoms. The molecule has 1 aromatic heterocycles. The van der Waals surface area contributed by atoms with E-state index in [1.165, 1.54) is 28.1 Å². The minimum atomic E-state index is -0.894. The molecule has 1 aliphatic rings. The van der Waals surface area contributed by atoms with Crippen LogP contribution in [0.15, 0.2) is 54.6 Å². The monoisotopic (exact) mass is 426 g/mol. The van der Waals surface area contributed by atoms with E-state index < -0.39 is 17.8 Å². The molecule has 1 aliphatic heterocycles. The van der Waals surface area contributed by atoms with Gasteiger partial charge in [0.05, 0.1) is 17.8 Å². The molecule has 0 bridgehead atoms. The van der Waals surface area contributed by atoms with E-state index in [4.69, 9.17) is 4.74 Å². The molecular formula is C25H27FO3S. The number of aliphatic hydroxyl groups excluding tert-OH is 2. The number of hydrogen-bond donors (Lipinski definition) is 2. The van der Waals surface area contributed by atoms with Crippen molar-refractivity contribution in [1.29, 1.82) is 0 Å². The van der Waals surface area contributed by atoms with E-state index in [0.29, 0.717) is 6.42 Å². The lowest BCUT2D eigenvalue weighted by Crippen LogP contribution is -2.52. The van der Waals surface area contributed by atoms with Gasteiger partial charge in [-0.05, 0) is 67.3 Å². The van der Waals surface area contributed by atoms with Crippen LogP contribution in [0.3, 0.4) is 0 Å². The summed E-state index contributed by atoms with van der Waals surface area (Å²) in [5.41, 5.74) is 3.65. The normalized spacial score (nSPS) is 23.5. The molecule has 1 saturated heterocycles. The van der Waals surface area contributed by atoms with Crippen LogP contribution in [0, 0.1) is 12.7 Å². The van der Waals surface area contributed by atoms with E-state index in [0.717, 1.165) is 22.4 Å². The van der Waals surface area contributed by atoms with Crippen molar-refractivity contribution in [1.82, 2.24) is 0 Å². The molecule has 0 radical (unpaired) electrons. The molecule has 158 valence electrons. The second kappa shape index (κ2) is 8.23. The largest absolute Gasteiger partial charge is 0.390 e. The highest BCUT2D eigenvalue weighted by Gasteiger charge is 2.42. The van der Waals surface area contributed by atoms with Gasteiger partial charge in [-0.25, -0.2) is 4.39 Å². The Morgan fingerprint density at radius 3 is 2.50 bits per heavy atom. The number of benzene rings is 2. The average molecular weight is 427 g/mol. The van der Waals surface area contributed by atoms with E-state index in [1.54, 1.807) is 23.5 Å². The quantitative estimate of drug-likeness (QED) is 0.586. The third-order valence-corrected chi connectivity index (χ3v) is 7.01. The summed E-state index contributed by atoms with van der Waals surface area (Å²) in [6.45, 7) is 5.72. The van der Waals surface area contributed by atoms with Crippen LogP contribution < -0.4 is 0 Å². The predicted molar refractivity (Wildman–Crippen MR) is 118 cm³/mol. The van der Waals surface area contributed by atoms with Crippen LogP contribution in [0.4, 0.5) is 4.39 Å². The van der Waals surface area contributed by atoms with Crippen LogP contribution in [0.1, 0.15) is 47.9 Å². The Morgan fingerprint density at radius 2 is 1.80 bits per heavy atom. The summed E-state index contributed by atoms with van der Waals surface area (Å²) in [6, 6.07) is 17.1. The molecule has 3 unspecified atom stereocenters. The first-order valence-corrected chi connectivity index (χ1v) is 11.0. The fourth-order valence-corrected chi connectivity index (χ4v) is 5.05. The summed E-state index contributed by atoms with van der Waals surface area (Å²) in [7, 11) is 0. The van der Waals surface area contributed by atoms with Crippen LogP contribution >= 0.6 is 11.3 Å². The Kier molecular flexibility index (Phi) is 5.82. The van der Waals surface area contributed by atoms with Crippen molar-refractivity contribution in [2.75, 3.05) is 0 Å². The van der Waals surface area contributed by atoms with Crippen LogP contribution in [0.5, 0.6) is 0 Å². The van der Waals surface area contributed by atoms with Gasteiger partial charge in [-0.15, -0.1) is 11.3 Å². The highest BCUT2D eigenvalue weighted by Crippen LogP contribution is 2.38. The van der Waals surface area contributed by atoms with Crippen molar-refractivity contribution in [3.05, 3.63) is 82.0 Å². The molecule has 5 heteroatoms. The maximum atomic E-state index is 13.2. The third kappa shape index (κ3) is 4.35. The van der Waals surface area contributed by atoms with Gasteiger partial charge < -0.3 is 14.9 Å². The lowest BCUT2D eigenvalue weighted by Gasteiger charge is -2.43. The number of hydrogen-bond acceptors (Lipinski definition) is 4. The fourth-order valence-electron chi connectivity index (χ4n) is 4.01. The number of thiophene rings is 1. The SMILES string of the molecule is Cc1ccc(C2CC(O)C(O)C(C)(C)O2)cc1Cc1ccc(-c2ccc(F)cc2)s1. The van der Waals surface area contributed by atoms with E-state index in [9.17, 15) is 14.6 Å². The van der Waals surface area contributed by atoms with Gasteiger partial charge in [0.25, 0.3) is 0 Å². The Labute approximate surface area is 180 Å². The molecule has 0 amide bonds. The van der Waals surface area contributed by atoms with Crippen LogP contribution in [-0.2, 0) is 11.2 Å². The van der Waals surface area contributed by atoms with Crippen LogP contribution in [0.2, 0.25) is 0 Å². The zero-order valence-electron chi connectivity index (χ0n) is 17.4. The summed E-state index contributed by atoms with van der Waals surface area (Å²) < 4.78 is 19.3. The van der Waals surface area contributed by atoms with E-state index in [1.807, 2.05) is 19.9 Å². The van der Waals surface area contributed by atoms with Crippen LogP contribution in [-0.4, -0.2) is 28.0 Å². The van der Waals surface area contributed by atoms with Gasteiger partial charge in [0.15, 0.2) is 0 Å². The van der Waals surface area contributed by atoms with Crippen molar-refractivity contribution < 1.29 is 19.3 Å². The number of halogens is 1. The zero-order valence-corrected chi connectivity index (χ0v) is 18.2. The summed E-state index contributed by atoms with van der Waals surface area (Å²) in [6.07, 6.45) is -0.780. The molecule has 2 heterocycles. The van der Waals surface area contributed by atoms with E-state index in [2.05, 4.69) is 31.2 Å². The van der Waals surface area contributed by atoms with Gasteiger partial charge in [-0.1, -0.05) is 30.3 Å². The molecule has 2 aromatic carbocycles. The smallest absolute Gasteiger partial charge is 0.123 e. The number of aliphatic hydroxyl groups is 2. The minimum absolute atomic E-state index is 0.228. The molecule has 4 rings (SSSR count). The van der Waals surface area contributed by atoms with Gasteiger partial charge in [-0.3, -0.25) is 0 Å². The maximum absolute atomic E-state index is 13.2. The van der Waals surface area contributed by atoms with Gasteiger partial charge in [-0.2, -0.15) is 0 Å². The molecule has 0 aliphatic carbocycles. The summed E-state index contributed by atoms with van der Waals surface area (Å²) in [5, 5.41) is 20.5. The van der Waals surface area contributed by atoms with Crippen molar-refractivity contribution in [3.8, 4) is 10.4 Å². The zero-order chi connectivity index (χ0) is 21.5. The Hall–Kier alpha value is -2.05. The minimum Gasteiger partial charge on any atom is -0.390 e. The van der Waals surface area contributed by atoms with E-state index >= 15 is 0 Å². The second-order valence-corrected chi connectivity index (χ2v) is 9.76. The molecule has 3 nitrogen and oxygen atoms in total. The second-order valence-electron chi connectivity index (χ2n) is 8.59. The Morgan fingerprint density at radius 1 is 1.07 bits per heavy atom. The molecule has 1 fully saturated rings. The Bertz CT molecular complexity index is 1030. The molecule has 30 heavy (non-hydrogen) atoms. The van der Waals surface area contributed by atoms with E-state index in [-0.39, 0.29) is 11.9 Å². The first-order valence-electron chi connectivity index (χ1n) is 10.2. The number of aryl methyl sites for hydroxylation is 1. The summed E-state index contributed by atoms with van der Waals surface area (Å²) >= 11 is 1.71. The molecular weight excluding hydrogens is 399 g/mol. The van der Waals surface area contributed by atoms with Gasteiger partial charge in [0.2, 0.25) is 0 Å². The highest BCUT2D eigenvalue weighted by atomic mass is 32.1. The average Bonchev–Trinajstić information content (AvgIpc) is 3.16. The summed E-state index contributed by atoms with van der Waals surface area (Å²) in [5.74, 6) is -0.228. The molecule has 3 aromatic rings. The molecule has 2 N–H and O–H groups in total. The van der Waals surface area contributed by atoms with Crippen molar-refractivity contribution in [3.63, 3.8) is 0 Å². The highest BCUT2D eigenvalue weighted by molar-refractivity contribution is 7.15. The number of rotatable bonds is 4. The van der Waals surface area contributed by atoms with Crippen molar-refractivity contribution in [2.45, 2.75) is 57.5 Å². The van der Waals surface area contributed by atoms with Crippen LogP contribution in [0.25, 0.3) is 10.4 Å². The first-order chi connectivity index (χ1) is 14.2. The molecule has 0 saturated carbocycles. The van der Waals surface area contributed by atoms with Crippen molar-refractivity contribution >= 4 is 11.3 Å². The van der Waals surface area contributed by atoms with Gasteiger partial charge in [0.1, 0.15) is 11.9 Å². The predicted octanol–water partition coefficient (Wildman–Crippen LogP) is 5.42.